The summed E-state index contributed by atoms with van der Waals surface area (Å²) in [6.45, 7) is 0. The van der Waals surface area contributed by atoms with Crippen molar-refractivity contribution in [2.45, 2.75) is 0 Å². The van der Waals surface area contributed by atoms with Gasteiger partial charge in [0.15, 0.2) is 23.1 Å². The second-order valence-corrected chi connectivity index (χ2v) is 14.2. The molecule has 12 rings (SSSR count). The maximum Gasteiger partial charge on any atom is 0.227 e. The monoisotopic (exact) mass is 731 g/mol. The molecule has 0 aliphatic rings. The molecule has 0 radical (unpaired) electrons. The topological polar surface area (TPSA) is 82.8 Å². The zero-order chi connectivity index (χ0) is 37.5. The number of benzene rings is 8. The van der Waals surface area contributed by atoms with Crippen LogP contribution in [-0.4, -0.2) is 24.5 Å². The molecule has 0 saturated carbocycles. The first-order valence-electron chi connectivity index (χ1n) is 18.9. The van der Waals surface area contributed by atoms with E-state index in [4.69, 9.17) is 28.8 Å². The molecule has 4 heterocycles. The normalized spacial score (nSPS) is 11.9. The maximum absolute atomic E-state index is 6.53. The quantitative estimate of drug-likeness (QED) is 0.175. The van der Waals surface area contributed by atoms with Gasteiger partial charge in [0.05, 0.1) is 16.4 Å². The first kappa shape index (κ1) is 31.5. The van der Waals surface area contributed by atoms with Gasteiger partial charge in [-0.1, -0.05) is 103 Å². The van der Waals surface area contributed by atoms with Gasteiger partial charge in [0.1, 0.15) is 16.7 Å². The van der Waals surface area contributed by atoms with Gasteiger partial charge in [-0.15, -0.1) is 0 Å². The van der Waals surface area contributed by atoms with Gasteiger partial charge in [0.2, 0.25) is 5.89 Å². The minimum Gasteiger partial charge on any atom is -0.456 e. The number of furan rings is 1. The fourth-order valence-electron chi connectivity index (χ4n) is 8.23. The summed E-state index contributed by atoms with van der Waals surface area (Å²) in [6.07, 6.45) is 0. The van der Waals surface area contributed by atoms with E-state index in [1.165, 1.54) is 5.39 Å². The lowest BCUT2D eigenvalue weighted by atomic mass is 10.0. The highest BCUT2D eigenvalue weighted by Gasteiger charge is 2.20. The fourth-order valence-corrected chi connectivity index (χ4v) is 8.23. The van der Waals surface area contributed by atoms with E-state index in [0.717, 1.165) is 82.6 Å². The van der Waals surface area contributed by atoms with E-state index >= 15 is 0 Å². The second kappa shape index (κ2) is 12.3. The van der Waals surface area contributed by atoms with Gasteiger partial charge in [-0.25, -0.2) is 19.9 Å². The molecule has 0 spiro atoms. The highest BCUT2D eigenvalue weighted by Crippen LogP contribution is 2.41. The lowest BCUT2D eigenvalue weighted by Gasteiger charge is -2.11. The van der Waals surface area contributed by atoms with Crippen LogP contribution in [0.5, 0.6) is 0 Å². The first-order valence-corrected chi connectivity index (χ1v) is 18.9. The van der Waals surface area contributed by atoms with Gasteiger partial charge in [-0.3, -0.25) is 0 Å². The van der Waals surface area contributed by atoms with Gasteiger partial charge >= 0.3 is 0 Å². The Labute approximate surface area is 325 Å². The fraction of sp³-hybridized carbons (Fsp3) is 0. The van der Waals surface area contributed by atoms with Crippen LogP contribution >= 0.6 is 0 Å². The Hall–Kier alpha value is -7.90. The lowest BCUT2D eigenvalue weighted by Crippen LogP contribution is -2.00. The zero-order valence-corrected chi connectivity index (χ0v) is 30.3. The van der Waals surface area contributed by atoms with Crippen LogP contribution in [0.3, 0.4) is 0 Å². The van der Waals surface area contributed by atoms with Gasteiger partial charge in [0.25, 0.3) is 0 Å². The molecule has 0 saturated heterocycles. The SMILES string of the molecule is c1ccc(-c2nc(-c3ccc4c(c3)c3ccccc3n4-c3ccccc3)nc(-c3cccc4cc5c(cc34)oc3ccc4nc(-c6ccccc6)oc4c35)n2)cc1. The molecule has 4 aromatic heterocycles. The van der Waals surface area contributed by atoms with Crippen molar-refractivity contribution >= 4 is 65.6 Å². The summed E-state index contributed by atoms with van der Waals surface area (Å²) in [4.78, 5) is 20.3. The summed E-state index contributed by atoms with van der Waals surface area (Å²) >= 11 is 0. The molecule has 12 aromatic rings. The van der Waals surface area contributed by atoms with Crippen molar-refractivity contribution in [2.24, 2.45) is 0 Å². The summed E-state index contributed by atoms with van der Waals surface area (Å²) in [7, 11) is 0. The molecular weight excluding hydrogens is 703 g/mol. The molecule has 0 amide bonds. The average Bonchev–Trinajstić information content (AvgIpc) is 3.97. The summed E-state index contributed by atoms with van der Waals surface area (Å²) < 4.78 is 15.3. The van der Waals surface area contributed by atoms with Crippen molar-refractivity contribution in [3.63, 3.8) is 0 Å². The van der Waals surface area contributed by atoms with Crippen molar-refractivity contribution in [3.05, 3.63) is 176 Å². The highest BCUT2D eigenvalue weighted by atomic mass is 16.4. The molecule has 0 atom stereocenters. The van der Waals surface area contributed by atoms with Gasteiger partial charge in [-0.05, 0) is 83.6 Å². The number of rotatable bonds is 5. The molecule has 7 nitrogen and oxygen atoms in total. The van der Waals surface area contributed by atoms with Crippen LogP contribution < -0.4 is 0 Å². The van der Waals surface area contributed by atoms with E-state index in [1.54, 1.807) is 0 Å². The minimum atomic E-state index is 0.580. The third-order valence-corrected chi connectivity index (χ3v) is 10.9. The van der Waals surface area contributed by atoms with Gasteiger partial charge in [-0.2, -0.15) is 0 Å². The van der Waals surface area contributed by atoms with Crippen molar-refractivity contribution in [3.8, 4) is 51.3 Å². The predicted molar refractivity (Wildman–Crippen MR) is 228 cm³/mol. The molecule has 7 heteroatoms. The van der Waals surface area contributed by atoms with Crippen molar-refractivity contribution in [1.29, 1.82) is 0 Å². The number of nitrogens with zero attached hydrogens (tertiary/aromatic N) is 5. The molecule has 0 aliphatic carbocycles. The van der Waals surface area contributed by atoms with E-state index in [9.17, 15) is 0 Å². The number of aromatic nitrogens is 5. The van der Waals surface area contributed by atoms with Crippen molar-refractivity contribution in [1.82, 2.24) is 24.5 Å². The van der Waals surface area contributed by atoms with Crippen LogP contribution in [-0.2, 0) is 0 Å². The Morgan fingerprint density at radius 3 is 1.93 bits per heavy atom. The van der Waals surface area contributed by atoms with Crippen LogP contribution in [0.2, 0.25) is 0 Å². The van der Waals surface area contributed by atoms with E-state index < -0.39 is 0 Å². The van der Waals surface area contributed by atoms with E-state index in [2.05, 4.69) is 102 Å². The second-order valence-electron chi connectivity index (χ2n) is 14.2. The number of hydrogen-bond acceptors (Lipinski definition) is 6. The lowest BCUT2D eigenvalue weighted by molar-refractivity contribution is 0.622. The Bertz CT molecular complexity index is 3510. The van der Waals surface area contributed by atoms with Gasteiger partial charge in [0, 0.05) is 44.1 Å². The molecule has 266 valence electrons. The van der Waals surface area contributed by atoms with E-state index in [1.807, 2.05) is 78.9 Å². The van der Waals surface area contributed by atoms with E-state index in [0.29, 0.717) is 28.9 Å². The third kappa shape index (κ3) is 4.99. The first-order chi connectivity index (χ1) is 28.2. The maximum atomic E-state index is 6.53. The smallest absolute Gasteiger partial charge is 0.227 e. The average molecular weight is 732 g/mol. The van der Waals surface area contributed by atoms with Gasteiger partial charge < -0.3 is 13.4 Å². The van der Waals surface area contributed by atoms with Crippen molar-refractivity contribution < 1.29 is 8.83 Å². The number of oxazole rings is 1. The van der Waals surface area contributed by atoms with Crippen LogP contribution in [0, 0.1) is 0 Å². The Balaban J connectivity index is 1.05. The summed E-state index contributed by atoms with van der Waals surface area (Å²) in [5.74, 6) is 2.36. The molecule has 8 aromatic carbocycles. The summed E-state index contributed by atoms with van der Waals surface area (Å²) in [5.41, 5.74) is 9.98. The molecule has 57 heavy (non-hydrogen) atoms. The Morgan fingerprint density at radius 1 is 0.404 bits per heavy atom. The summed E-state index contributed by atoms with van der Waals surface area (Å²) in [5, 5.41) is 6.16. The van der Waals surface area contributed by atoms with Crippen LogP contribution in [0.25, 0.3) is 117 Å². The Morgan fingerprint density at radius 2 is 1.11 bits per heavy atom. The number of para-hydroxylation sites is 2. The van der Waals surface area contributed by atoms with Crippen LogP contribution in [0.15, 0.2) is 185 Å². The molecule has 0 fully saturated rings. The zero-order valence-electron chi connectivity index (χ0n) is 30.3. The van der Waals surface area contributed by atoms with Crippen LogP contribution in [0.4, 0.5) is 0 Å². The molecule has 0 N–H and O–H groups in total. The standard InChI is InChI=1S/C50H29N5O2/c1-4-13-30(14-5-1)47-52-48(33-23-25-42-38(28-33)35-20-10-11-22-41(35)55(42)34-18-8-3-9-19-34)54-49(53-47)36-21-12-17-32-27-39-44(29-37(32)36)56-43-26-24-40-46(45(39)43)57-50(51-40)31-15-6-2-7-16-31/h1-29H. The van der Waals surface area contributed by atoms with E-state index in [-0.39, 0.29) is 0 Å². The Kier molecular flexibility index (Phi) is 6.79. The van der Waals surface area contributed by atoms with Crippen molar-refractivity contribution in [2.75, 3.05) is 0 Å². The molecule has 0 aliphatic heterocycles. The molecule has 0 bridgehead atoms. The highest BCUT2D eigenvalue weighted by molar-refractivity contribution is 6.19. The molecular formula is C50H29N5O2. The summed E-state index contributed by atoms with van der Waals surface area (Å²) in [6, 6.07) is 60.0. The third-order valence-electron chi connectivity index (χ3n) is 10.9. The minimum absolute atomic E-state index is 0.580. The van der Waals surface area contributed by atoms with Crippen LogP contribution in [0.1, 0.15) is 0 Å². The number of fused-ring (bicyclic) bond motifs is 9. The molecule has 0 unspecified atom stereocenters. The number of hydrogen-bond donors (Lipinski definition) is 0. The largest absolute Gasteiger partial charge is 0.456 e. The predicted octanol–water partition coefficient (Wildman–Crippen LogP) is 12.8.